The molecular weight excluding hydrogens is 280 g/mol. The number of thioether (sulfide) groups is 1. The first-order valence-electron chi connectivity index (χ1n) is 7.88. The molecule has 0 spiro atoms. The molecule has 2 unspecified atom stereocenters. The minimum Gasteiger partial charge on any atom is -0.499 e. The molecule has 2 atom stereocenters. The standard InChI is InChI=1S/C18H28O2S/c1-4-6-8-13-17(19)18(14-15(3)20-5-2)21-16-11-9-7-10-12-16/h7,9-12,14,17-19H,4-6,8,13H2,1-3H3. The summed E-state index contributed by atoms with van der Waals surface area (Å²) in [5, 5.41) is 10.5. The molecular formula is C18H28O2S. The summed E-state index contributed by atoms with van der Waals surface area (Å²) in [5.41, 5.74) is 0. The van der Waals surface area contributed by atoms with Crippen LogP contribution in [0.1, 0.15) is 46.5 Å². The van der Waals surface area contributed by atoms with Crippen LogP contribution in [0.2, 0.25) is 0 Å². The van der Waals surface area contributed by atoms with Crippen LogP contribution in [0.25, 0.3) is 0 Å². The van der Waals surface area contributed by atoms with E-state index in [1.165, 1.54) is 17.7 Å². The largest absolute Gasteiger partial charge is 0.499 e. The van der Waals surface area contributed by atoms with Crippen molar-refractivity contribution in [3.05, 3.63) is 42.2 Å². The molecule has 1 N–H and O–H groups in total. The van der Waals surface area contributed by atoms with Gasteiger partial charge in [0.2, 0.25) is 0 Å². The minimum atomic E-state index is -0.336. The summed E-state index contributed by atoms with van der Waals surface area (Å²) < 4.78 is 5.52. The predicted molar refractivity (Wildman–Crippen MR) is 91.6 cm³/mol. The molecule has 1 rings (SSSR count). The van der Waals surface area contributed by atoms with Gasteiger partial charge < -0.3 is 9.84 Å². The molecule has 21 heavy (non-hydrogen) atoms. The first kappa shape index (κ1) is 18.1. The zero-order chi connectivity index (χ0) is 15.5. The maximum atomic E-state index is 10.5. The van der Waals surface area contributed by atoms with Crippen molar-refractivity contribution in [2.45, 2.75) is 62.7 Å². The Kier molecular flexibility index (Phi) is 9.27. The lowest BCUT2D eigenvalue weighted by Crippen LogP contribution is -2.21. The summed E-state index contributed by atoms with van der Waals surface area (Å²) in [6.07, 6.45) is 5.99. The minimum absolute atomic E-state index is 0.0378. The van der Waals surface area contributed by atoms with Gasteiger partial charge in [-0.25, -0.2) is 0 Å². The highest BCUT2D eigenvalue weighted by atomic mass is 32.2. The van der Waals surface area contributed by atoms with E-state index < -0.39 is 0 Å². The van der Waals surface area contributed by atoms with Crippen LogP contribution in [-0.2, 0) is 4.74 Å². The van der Waals surface area contributed by atoms with Crippen molar-refractivity contribution >= 4 is 11.8 Å². The number of unbranched alkanes of at least 4 members (excludes halogenated alkanes) is 2. The third-order valence-electron chi connectivity index (χ3n) is 3.27. The van der Waals surface area contributed by atoms with Crippen LogP contribution in [0.15, 0.2) is 47.1 Å². The van der Waals surface area contributed by atoms with E-state index in [4.69, 9.17) is 4.74 Å². The van der Waals surface area contributed by atoms with Crippen LogP contribution in [0.3, 0.4) is 0 Å². The molecule has 0 amide bonds. The molecule has 0 saturated heterocycles. The first-order chi connectivity index (χ1) is 10.2. The van der Waals surface area contributed by atoms with Crippen LogP contribution in [0.5, 0.6) is 0 Å². The van der Waals surface area contributed by atoms with Crippen molar-refractivity contribution in [3.63, 3.8) is 0 Å². The lowest BCUT2D eigenvalue weighted by molar-refractivity contribution is 0.165. The highest BCUT2D eigenvalue weighted by Gasteiger charge is 2.18. The molecule has 0 aliphatic heterocycles. The lowest BCUT2D eigenvalue weighted by atomic mass is 10.1. The van der Waals surface area contributed by atoms with E-state index in [2.05, 4.69) is 25.1 Å². The lowest BCUT2D eigenvalue weighted by Gasteiger charge is -2.20. The number of allylic oxidation sites excluding steroid dienone is 1. The Hall–Kier alpha value is -0.930. The average molecular weight is 308 g/mol. The topological polar surface area (TPSA) is 29.5 Å². The quantitative estimate of drug-likeness (QED) is 0.373. The smallest absolute Gasteiger partial charge is 0.0901 e. The molecule has 0 aliphatic carbocycles. The van der Waals surface area contributed by atoms with Crippen LogP contribution in [0, 0.1) is 0 Å². The summed E-state index contributed by atoms with van der Waals surface area (Å²) in [6.45, 7) is 6.79. The van der Waals surface area contributed by atoms with Crippen molar-refractivity contribution < 1.29 is 9.84 Å². The fourth-order valence-corrected chi connectivity index (χ4v) is 3.34. The van der Waals surface area contributed by atoms with E-state index in [-0.39, 0.29) is 11.4 Å². The molecule has 1 aromatic rings. The Morgan fingerprint density at radius 2 is 1.95 bits per heavy atom. The Bertz CT molecular complexity index is 403. The van der Waals surface area contributed by atoms with E-state index in [1.54, 1.807) is 11.8 Å². The molecule has 0 aliphatic rings. The van der Waals surface area contributed by atoms with Crippen LogP contribution in [-0.4, -0.2) is 23.1 Å². The van der Waals surface area contributed by atoms with E-state index in [1.807, 2.05) is 32.0 Å². The molecule has 0 saturated carbocycles. The number of ether oxygens (including phenoxy) is 1. The van der Waals surface area contributed by atoms with Crippen molar-refractivity contribution in [2.24, 2.45) is 0 Å². The molecule has 0 fully saturated rings. The van der Waals surface area contributed by atoms with E-state index >= 15 is 0 Å². The number of hydrogen-bond acceptors (Lipinski definition) is 3. The summed E-state index contributed by atoms with van der Waals surface area (Å²) in [7, 11) is 0. The number of benzene rings is 1. The third kappa shape index (κ3) is 7.58. The van der Waals surface area contributed by atoms with Gasteiger partial charge in [-0.05, 0) is 38.5 Å². The average Bonchev–Trinajstić information content (AvgIpc) is 2.48. The van der Waals surface area contributed by atoms with Crippen LogP contribution >= 0.6 is 11.8 Å². The SMILES string of the molecule is CCCCCC(O)C(C=C(C)OCC)Sc1ccccc1. The fourth-order valence-electron chi connectivity index (χ4n) is 2.15. The predicted octanol–water partition coefficient (Wildman–Crippen LogP) is 5.03. The molecule has 2 nitrogen and oxygen atoms in total. The monoisotopic (exact) mass is 308 g/mol. The maximum Gasteiger partial charge on any atom is 0.0901 e. The number of aliphatic hydroxyl groups is 1. The van der Waals surface area contributed by atoms with Gasteiger partial charge in [-0.15, -0.1) is 11.8 Å². The van der Waals surface area contributed by atoms with Crippen molar-refractivity contribution in [2.75, 3.05) is 6.61 Å². The van der Waals surface area contributed by atoms with E-state index in [0.717, 1.165) is 18.6 Å². The first-order valence-corrected chi connectivity index (χ1v) is 8.76. The van der Waals surface area contributed by atoms with Gasteiger partial charge in [0.15, 0.2) is 0 Å². The molecule has 0 bridgehead atoms. The summed E-state index contributed by atoms with van der Waals surface area (Å²) in [4.78, 5) is 1.18. The van der Waals surface area contributed by atoms with Gasteiger partial charge in [0.25, 0.3) is 0 Å². The fraction of sp³-hybridized carbons (Fsp3) is 0.556. The van der Waals surface area contributed by atoms with Gasteiger partial charge in [-0.3, -0.25) is 0 Å². The third-order valence-corrected chi connectivity index (χ3v) is 4.54. The maximum absolute atomic E-state index is 10.5. The van der Waals surface area contributed by atoms with Crippen molar-refractivity contribution in [1.82, 2.24) is 0 Å². The summed E-state index contributed by atoms with van der Waals surface area (Å²) >= 11 is 1.70. The van der Waals surface area contributed by atoms with Gasteiger partial charge in [0, 0.05) is 4.90 Å². The van der Waals surface area contributed by atoms with Crippen LogP contribution < -0.4 is 0 Å². The Labute approximate surface area is 133 Å². The number of hydrogen-bond donors (Lipinski definition) is 1. The van der Waals surface area contributed by atoms with Gasteiger partial charge in [0.1, 0.15) is 0 Å². The van der Waals surface area contributed by atoms with Crippen LogP contribution in [0.4, 0.5) is 0 Å². The highest BCUT2D eigenvalue weighted by molar-refractivity contribution is 8.00. The second kappa shape index (κ2) is 10.7. The molecule has 0 heterocycles. The van der Waals surface area contributed by atoms with Crippen molar-refractivity contribution in [3.8, 4) is 0 Å². The molecule has 1 aromatic carbocycles. The molecule has 0 radical (unpaired) electrons. The zero-order valence-electron chi connectivity index (χ0n) is 13.4. The Morgan fingerprint density at radius 3 is 2.57 bits per heavy atom. The molecule has 118 valence electrons. The number of aliphatic hydroxyl groups excluding tert-OH is 1. The Morgan fingerprint density at radius 1 is 1.24 bits per heavy atom. The zero-order valence-corrected chi connectivity index (χ0v) is 14.2. The van der Waals surface area contributed by atoms with E-state index in [0.29, 0.717) is 6.61 Å². The normalized spacial score (nSPS) is 14.8. The highest BCUT2D eigenvalue weighted by Crippen LogP contribution is 2.29. The van der Waals surface area contributed by atoms with Gasteiger partial charge in [-0.1, -0.05) is 44.4 Å². The van der Waals surface area contributed by atoms with E-state index in [9.17, 15) is 5.11 Å². The summed E-state index contributed by atoms with van der Waals surface area (Å²) in [6, 6.07) is 10.2. The second-order valence-electron chi connectivity index (χ2n) is 5.17. The van der Waals surface area contributed by atoms with Gasteiger partial charge in [0.05, 0.1) is 23.7 Å². The molecule has 3 heteroatoms. The second-order valence-corrected chi connectivity index (χ2v) is 6.42. The number of rotatable bonds is 10. The van der Waals surface area contributed by atoms with Gasteiger partial charge >= 0.3 is 0 Å². The van der Waals surface area contributed by atoms with Crippen molar-refractivity contribution in [1.29, 1.82) is 0 Å². The Balaban J connectivity index is 2.71. The van der Waals surface area contributed by atoms with Gasteiger partial charge in [-0.2, -0.15) is 0 Å². The summed E-state index contributed by atoms with van der Waals surface area (Å²) in [5.74, 6) is 0.889. The molecule has 0 aromatic heterocycles.